The van der Waals surface area contributed by atoms with Gasteiger partial charge in [-0.3, -0.25) is 0 Å². The number of benzene rings is 1. The summed E-state index contributed by atoms with van der Waals surface area (Å²) >= 11 is 9.14. The number of nitriles is 1. The molecular formula is C8H6BrClN2. The second kappa shape index (κ2) is 3.90. The molecule has 0 bridgehead atoms. The van der Waals surface area contributed by atoms with Crippen LogP contribution in [-0.4, -0.2) is 0 Å². The van der Waals surface area contributed by atoms with Gasteiger partial charge in [-0.05, 0) is 17.7 Å². The summed E-state index contributed by atoms with van der Waals surface area (Å²) in [5, 5.41) is 9.12. The maximum Gasteiger partial charge on any atom is 0.0992 e. The first kappa shape index (κ1) is 9.53. The normalized spacial score (nSPS) is 9.50. The number of nitrogens with zero attached hydrogens (tertiary/aromatic N) is 1. The molecule has 0 aliphatic carbocycles. The van der Waals surface area contributed by atoms with Gasteiger partial charge in [-0.1, -0.05) is 27.5 Å². The molecule has 0 saturated carbocycles. The highest BCUT2D eigenvalue weighted by Gasteiger charge is 2.05. The van der Waals surface area contributed by atoms with Crippen molar-refractivity contribution in [1.29, 1.82) is 5.26 Å². The Balaban J connectivity index is 3.30. The lowest BCUT2D eigenvalue weighted by molar-refractivity contribution is 1.06. The number of hydrogen-bond donors (Lipinski definition) is 1. The number of halogens is 2. The third-order valence-electron chi connectivity index (χ3n) is 1.47. The molecule has 0 unspecified atom stereocenters. The minimum atomic E-state index is 0.366. The molecule has 12 heavy (non-hydrogen) atoms. The fourth-order valence-corrected chi connectivity index (χ4v) is 1.90. The van der Waals surface area contributed by atoms with E-state index in [1.807, 2.05) is 6.07 Å². The van der Waals surface area contributed by atoms with Crippen LogP contribution in [0.2, 0.25) is 5.02 Å². The quantitative estimate of drug-likeness (QED) is 0.826. The lowest BCUT2D eigenvalue weighted by Gasteiger charge is -2.03. The summed E-state index contributed by atoms with van der Waals surface area (Å²) in [6.45, 7) is 0.366. The van der Waals surface area contributed by atoms with Crippen molar-refractivity contribution < 1.29 is 0 Å². The molecule has 0 aliphatic heterocycles. The van der Waals surface area contributed by atoms with Crippen LogP contribution in [0.4, 0.5) is 0 Å². The predicted octanol–water partition coefficient (Wildman–Crippen LogP) is 2.43. The topological polar surface area (TPSA) is 49.8 Å². The highest BCUT2D eigenvalue weighted by Crippen LogP contribution is 2.26. The van der Waals surface area contributed by atoms with Crippen molar-refractivity contribution in [3.63, 3.8) is 0 Å². The Morgan fingerprint density at radius 3 is 2.67 bits per heavy atom. The van der Waals surface area contributed by atoms with E-state index >= 15 is 0 Å². The van der Waals surface area contributed by atoms with Crippen LogP contribution in [0.1, 0.15) is 11.1 Å². The van der Waals surface area contributed by atoms with Crippen molar-refractivity contribution in [2.24, 2.45) is 5.73 Å². The third kappa shape index (κ3) is 1.78. The Morgan fingerprint density at radius 1 is 1.58 bits per heavy atom. The zero-order chi connectivity index (χ0) is 9.14. The molecular weight excluding hydrogens is 239 g/mol. The van der Waals surface area contributed by atoms with E-state index in [9.17, 15) is 0 Å². The average Bonchev–Trinajstić information content (AvgIpc) is 2.03. The molecule has 0 fully saturated rings. The molecule has 0 aromatic heterocycles. The zero-order valence-electron chi connectivity index (χ0n) is 6.14. The number of hydrogen-bond acceptors (Lipinski definition) is 2. The molecule has 0 amide bonds. The highest BCUT2D eigenvalue weighted by molar-refractivity contribution is 9.10. The largest absolute Gasteiger partial charge is 0.326 e. The first-order valence-corrected chi connectivity index (χ1v) is 4.44. The summed E-state index contributed by atoms with van der Waals surface area (Å²) in [4.78, 5) is 0. The van der Waals surface area contributed by atoms with Crippen LogP contribution in [-0.2, 0) is 6.54 Å². The van der Waals surface area contributed by atoms with Crippen molar-refractivity contribution >= 4 is 27.5 Å². The minimum Gasteiger partial charge on any atom is -0.326 e. The van der Waals surface area contributed by atoms with Gasteiger partial charge in [-0.15, -0.1) is 0 Å². The van der Waals surface area contributed by atoms with Crippen LogP contribution >= 0.6 is 27.5 Å². The van der Waals surface area contributed by atoms with Crippen molar-refractivity contribution in [1.82, 2.24) is 0 Å². The molecule has 0 saturated heterocycles. The zero-order valence-corrected chi connectivity index (χ0v) is 8.48. The molecule has 0 atom stereocenters. The second-order valence-corrected chi connectivity index (χ2v) is 3.50. The summed E-state index contributed by atoms with van der Waals surface area (Å²) in [5.74, 6) is 0. The van der Waals surface area contributed by atoms with Crippen molar-refractivity contribution in [3.8, 4) is 6.07 Å². The van der Waals surface area contributed by atoms with Crippen LogP contribution in [0, 0.1) is 11.3 Å². The Kier molecular flexibility index (Phi) is 3.10. The Labute approximate surface area is 84.1 Å². The standard InChI is InChI=1S/C8H6BrClN2/c9-7-1-5(3-11)2-8(10)6(7)4-12/h1-2H,4,12H2. The van der Waals surface area contributed by atoms with Crippen LogP contribution in [0.3, 0.4) is 0 Å². The van der Waals surface area contributed by atoms with Crippen LogP contribution in [0.5, 0.6) is 0 Å². The molecule has 62 valence electrons. The minimum absolute atomic E-state index is 0.366. The molecule has 0 radical (unpaired) electrons. The van der Waals surface area contributed by atoms with Crippen molar-refractivity contribution in [2.45, 2.75) is 6.54 Å². The summed E-state index contributed by atoms with van der Waals surface area (Å²) in [6, 6.07) is 5.31. The number of rotatable bonds is 1. The van der Waals surface area contributed by atoms with Gasteiger partial charge in [-0.2, -0.15) is 5.26 Å². The third-order valence-corrected chi connectivity index (χ3v) is 2.52. The van der Waals surface area contributed by atoms with Gasteiger partial charge in [0.05, 0.1) is 11.6 Å². The van der Waals surface area contributed by atoms with Gasteiger partial charge < -0.3 is 5.73 Å². The Bertz CT molecular complexity index is 320. The van der Waals surface area contributed by atoms with E-state index in [0.29, 0.717) is 17.1 Å². The van der Waals surface area contributed by atoms with Crippen LogP contribution in [0.25, 0.3) is 0 Å². The monoisotopic (exact) mass is 244 g/mol. The smallest absolute Gasteiger partial charge is 0.0992 e. The molecule has 0 heterocycles. The molecule has 1 rings (SSSR count). The number of nitrogens with two attached hydrogens (primary N) is 1. The fraction of sp³-hybridized carbons (Fsp3) is 0.125. The lowest BCUT2D eigenvalue weighted by Crippen LogP contribution is -1.98. The second-order valence-electron chi connectivity index (χ2n) is 2.23. The Hall–Kier alpha value is -0.560. The predicted molar refractivity (Wildman–Crippen MR) is 51.8 cm³/mol. The van der Waals surface area contributed by atoms with Gasteiger partial charge >= 0.3 is 0 Å². The fourth-order valence-electron chi connectivity index (χ4n) is 0.863. The van der Waals surface area contributed by atoms with Gasteiger partial charge in [0.2, 0.25) is 0 Å². The van der Waals surface area contributed by atoms with Gasteiger partial charge in [0.1, 0.15) is 0 Å². The summed E-state index contributed by atoms with van der Waals surface area (Å²) < 4.78 is 0.786. The van der Waals surface area contributed by atoms with Crippen LogP contribution in [0.15, 0.2) is 16.6 Å². The van der Waals surface area contributed by atoms with E-state index in [1.165, 1.54) is 0 Å². The summed E-state index contributed by atoms with van der Waals surface area (Å²) in [6.07, 6.45) is 0. The first-order valence-electron chi connectivity index (χ1n) is 3.27. The summed E-state index contributed by atoms with van der Waals surface area (Å²) in [7, 11) is 0. The average molecular weight is 246 g/mol. The van der Waals surface area contributed by atoms with E-state index in [4.69, 9.17) is 22.6 Å². The molecule has 1 aromatic carbocycles. The SMILES string of the molecule is N#Cc1cc(Cl)c(CN)c(Br)c1. The molecule has 2 nitrogen and oxygen atoms in total. The van der Waals surface area contributed by atoms with Gasteiger partial charge in [0.25, 0.3) is 0 Å². The van der Waals surface area contributed by atoms with Gasteiger partial charge in [-0.25, -0.2) is 0 Å². The molecule has 2 N–H and O–H groups in total. The van der Waals surface area contributed by atoms with E-state index in [1.54, 1.807) is 12.1 Å². The highest BCUT2D eigenvalue weighted by atomic mass is 79.9. The lowest BCUT2D eigenvalue weighted by atomic mass is 10.1. The molecule has 0 spiro atoms. The molecule has 1 aromatic rings. The van der Waals surface area contributed by atoms with Crippen molar-refractivity contribution in [2.75, 3.05) is 0 Å². The van der Waals surface area contributed by atoms with E-state index in [2.05, 4.69) is 15.9 Å². The summed E-state index contributed by atoms with van der Waals surface area (Å²) in [5.41, 5.74) is 6.81. The van der Waals surface area contributed by atoms with E-state index in [0.717, 1.165) is 10.0 Å². The molecule has 0 aliphatic rings. The van der Waals surface area contributed by atoms with Gasteiger partial charge in [0.15, 0.2) is 0 Å². The molecule has 4 heteroatoms. The van der Waals surface area contributed by atoms with E-state index in [-0.39, 0.29) is 0 Å². The van der Waals surface area contributed by atoms with Crippen molar-refractivity contribution in [3.05, 3.63) is 32.8 Å². The van der Waals surface area contributed by atoms with E-state index < -0.39 is 0 Å². The van der Waals surface area contributed by atoms with Crippen LogP contribution < -0.4 is 5.73 Å². The Morgan fingerprint density at radius 2 is 2.25 bits per heavy atom. The maximum absolute atomic E-state index is 8.59. The van der Waals surface area contributed by atoms with Gasteiger partial charge in [0, 0.05) is 16.0 Å². The first-order chi connectivity index (χ1) is 5.69. The maximum atomic E-state index is 8.59.